The van der Waals surface area contributed by atoms with Gasteiger partial charge < -0.3 is 9.88 Å². The summed E-state index contributed by atoms with van der Waals surface area (Å²) in [5.74, 6) is 1.30. The average Bonchev–Trinajstić information content (AvgIpc) is 3.45. The number of aromatic nitrogens is 5. The number of fused-ring (bicyclic) bond motifs is 1. The van der Waals surface area contributed by atoms with Crippen LogP contribution in [0.4, 0.5) is 0 Å². The molecule has 1 amide bonds. The Bertz CT molecular complexity index is 1130. The zero-order valence-electron chi connectivity index (χ0n) is 16.0. The van der Waals surface area contributed by atoms with Gasteiger partial charge in [-0.3, -0.25) is 14.3 Å². The molecule has 7 nitrogen and oxygen atoms in total. The second-order valence-corrected chi connectivity index (χ2v) is 7.43. The second-order valence-electron chi connectivity index (χ2n) is 7.43. The number of carbonyl (C=O) groups is 1. The van der Waals surface area contributed by atoms with E-state index in [1.54, 1.807) is 24.9 Å². The number of piperidine rings is 1. The molecule has 0 radical (unpaired) electrons. The molecule has 4 aromatic rings. The lowest BCUT2D eigenvalue weighted by Gasteiger charge is -2.32. The molecule has 1 aliphatic heterocycles. The maximum absolute atomic E-state index is 12.9. The number of hydrogen-bond donors (Lipinski definition) is 1. The van der Waals surface area contributed by atoms with Crippen molar-refractivity contribution in [2.45, 2.75) is 25.2 Å². The standard InChI is InChI=1S/C22H22N6O/c29-20(13-17-14-26-19-4-2-1-3-18(17)19)27-10-5-16(6-11-27)21-22(25-8-7-24-21)28-12-9-23-15-28/h1-4,7-9,12,14-16,26H,5-6,10-11,13H2. The van der Waals surface area contributed by atoms with Crippen molar-refractivity contribution in [1.82, 2.24) is 29.4 Å². The summed E-state index contributed by atoms with van der Waals surface area (Å²) in [7, 11) is 0. The highest BCUT2D eigenvalue weighted by Gasteiger charge is 2.27. The van der Waals surface area contributed by atoms with E-state index in [1.807, 2.05) is 40.1 Å². The van der Waals surface area contributed by atoms with Crippen molar-refractivity contribution >= 4 is 16.8 Å². The van der Waals surface area contributed by atoms with Crippen LogP contribution in [-0.4, -0.2) is 48.4 Å². The predicted octanol–water partition coefficient (Wildman–Crippen LogP) is 3.09. The van der Waals surface area contributed by atoms with Crippen LogP contribution >= 0.6 is 0 Å². The van der Waals surface area contributed by atoms with Crippen LogP contribution in [0.2, 0.25) is 0 Å². The van der Waals surface area contributed by atoms with Crippen LogP contribution in [0, 0.1) is 0 Å². The number of carbonyl (C=O) groups excluding carboxylic acids is 1. The van der Waals surface area contributed by atoms with Gasteiger partial charge in [-0.25, -0.2) is 9.97 Å². The fourth-order valence-electron chi connectivity index (χ4n) is 4.17. The molecule has 1 aliphatic rings. The average molecular weight is 386 g/mol. The van der Waals surface area contributed by atoms with Gasteiger partial charge in [0.2, 0.25) is 5.91 Å². The van der Waals surface area contributed by atoms with Gasteiger partial charge in [0.25, 0.3) is 0 Å². The van der Waals surface area contributed by atoms with E-state index in [2.05, 4.69) is 26.0 Å². The zero-order valence-corrected chi connectivity index (χ0v) is 16.0. The van der Waals surface area contributed by atoms with E-state index >= 15 is 0 Å². The number of imidazole rings is 1. The lowest BCUT2D eigenvalue weighted by molar-refractivity contribution is -0.131. The molecule has 0 unspecified atom stereocenters. The topological polar surface area (TPSA) is 79.7 Å². The van der Waals surface area contributed by atoms with Gasteiger partial charge in [0.1, 0.15) is 6.33 Å². The highest BCUT2D eigenvalue weighted by Crippen LogP contribution is 2.30. The third-order valence-corrected chi connectivity index (χ3v) is 5.71. The molecule has 1 fully saturated rings. The highest BCUT2D eigenvalue weighted by atomic mass is 16.2. The number of rotatable bonds is 4. The van der Waals surface area contributed by atoms with E-state index in [4.69, 9.17) is 0 Å². The molecule has 1 saturated heterocycles. The largest absolute Gasteiger partial charge is 0.361 e. The Hall–Kier alpha value is -3.48. The van der Waals surface area contributed by atoms with Crippen molar-refractivity contribution in [2.24, 2.45) is 0 Å². The number of benzene rings is 1. The van der Waals surface area contributed by atoms with E-state index in [1.165, 1.54) is 0 Å². The summed E-state index contributed by atoms with van der Waals surface area (Å²) >= 11 is 0. The minimum absolute atomic E-state index is 0.183. The monoisotopic (exact) mass is 386 g/mol. The number of para-hydroxylation sites is 1. The molecule has 0 spiro atoms. The minimum Gasteiger partial charge on any atom is -0.361 e. The van der Waals surface area contributed by atoms with Crippen LogP contribution in [0.5, 0.6) is 0 Å². The van der Waals surface area contributed by atoms with Crippen LogP contribution in [0.25, 0.3) is 16.7 Å². The number of nitrogens with zero attached hydrogens (tertiary/aromatic N) is 5. The maximum Gasteiger partial charge on any atom is 0.227 e. The third-order valence-electron chi connectivity index (χ3n) is 5.71. The predicted molar refractivity (Wildman–Crippen MR) is 110 cm³/mol. The Labute approximate surface area is 168 Å². The van der Waals surface area contributed by atoms with Crippen molar-refractivity contribution in [3.63, 3.8) is 0 Å². The van der Waals surface area contributed by atoms with E-state index in [-0.39, 0.29) is 5.91 Å². The van der Waals surface area contributed by atoms with Gasteiger partial charge in [-0.2, -0.15) is 0 Å². The molecule has 4 heterocycles. The number of nitrogens with one attached hydrogen (secondary N) is 1. The van der Waals surface area contributed by atoms with Crippen molar-refractivity contribution in [3.05, 3.63) is 72.8 Å². The molecule has 29 heavy (non-hydrogen) atoms. The summed E-state index contributed by atoms with van der Waals surface area (Å²) < 4.78 is 1.90. The summed E-state index contributed by atoms with van der Waals surface area (Å²) in [5, 5.41) is 1.13. The van der Waals surface area contributed by atoms with E-state index in [0.29, 0.717) is 12.3 Å². The molecule has 5 rings (SSSR count). The lowest BCUT2D eigenvalue weighted by Crippen LogP contribution is -2.39. The fourth-order valence-corrected chi connectivity index (χ4v) is 4.17. The zero-order chi connectivity index (χ0) is 19.6. The Balaban J connectivity index is 1.27. The van der Waals surface area contributed by atoms with Gasteiger partial charge in [0.15, 0.2) is 5.82 Å². The first-order valence-corrected chi connectivity index (χ1v) is 9.91. The Kier molecular flexibility index (Phi) is 4.56. The number of likely N-dealkylation sites (tertiary alicyclic amines) is 1. The first kappa shape index (κ1) is 17.6. The van der Waals surface area contributed by atoms with Gasteiger partial charge in [0.05, 0.1) is 12.1 Å². The molecule has 0 aliphatic carbocycles. The Morgan fingerprint density at radius 1 is 1.10 bits per heavy atom. The number of H-pyrrole nitrogens is 1. The van der Waals surface area contributed by atoms with E-state index in [9.17, 15) is 4.79 Å². The fraction of sp³-hybridized carbons (Fsp3) is 0.273. The van der Waals surface area contributed by atoms with Crippen LogP contribution in [0.3, 0.4) is 0 Å². The quantitative estimate of drug-likeness (QED) is 0.584. The first-order chi connectivity index (χ1) is 14.3. The summed E-state index contributed by atoms with van der Waals surface area (Å²) in [5.41, 5.74) is 3.11. The Morgan fingerprint density at radius 2 is 1.93 bits per heavy atom. The smallest absolute Gasteiger partial charge is 0.227 e. The molecule has 0 atom stereocenters. The molecule has 1 N–H and O–H groups in total. The van der Waals surface area contributed by atoms with Crippen LogP contribution in [0.15, 0.2) is 61.6 Å². The van der Waals surface area contributed by atoms with Gasteiger partial charge in [-0.1, -0.05) is 18.2 Å². The van der Waals surface area contributed by atoms with Crippen LogP contribution < -0.4 is 0 Å². The van der Waals surface area contributed by atoms with Crippen molar-refractivity contribution in [1.29, 1.82) is 0 Å². The summed E-state index contributed by atoms with van der Waals surface area (Å²) in [6.45, 7) is 1.48. The van der Waals surface area contributed by atoms with Crippen molar-refractivity contribution in [2.75, 3.05) is 13.1 Å². The van der Waals surface area contributed by atoms with E-state index < -0.39 is 0 Å². The number of aromatic amines is 1. The van der Waals surface area contributed by atoms with Gasteiger partial charge in [0, 0.05) is 60.9 Å². The molecular formula is C22H22N6O. The second kappa shape index (κ2) is 7.50. The highest BCUT2D eigenvalue weighted by molar-refractivity contribution is 5.88. The van der Waals surface area contributed by atoms with Gasteiger partial charge >= 0.3 is 0 Å². The van der Waals surface area contributed by atoms with Crippen molar-refractivity contribution < 1.29 is 4.79 Å². The van der Waals surface area contributed by atoms with Crippen LogP contribution in [-0.2, 0) is 11.2 Å². The van der Waals surface area contributed by atoms with Gasteiger partial charge in [-0.15, -0.1) is 0 Å². The lowest BCUT2D eigenvalue weighted by atomic mass is 9.92. The van der Waals surface area contributed by atoms with Gasteiger partial charge in [-0.05, 0) is 24.5 Å². The third kappa shape index (κ3) is 3.40. The van der Waals surface area contributed by atoms with Crippen molar-refractivity contribution in [3.8, 4) is 5.82 Å². The van der Waals surface area contributed by atoms with Crippen LogP contribution in [0.1, 0.15) is 30.0 Å². The normalized spacial score (nSPS) is 15.1. The summed E-state index contributed by atoms with van der Waals surface area (Å²) in [4.78, 5) is 31.3. The molecule has 0 bridgehead atoms. The summed E-state index contributed by atoms with van der Waals surface area (Å²) in [6.07, 6.45) is 13.0. The Morgan fingerprint density at radius 3 is 2.76 bits per heavy atom. The summed E-state index contributed by atoms with van der Waals surface area (Å²) in [6, 6.07) is 8.11. The van der Waals surface area contributed by atoms with E-state index in [0.717, 1.165) is 53.9 Å². The SMILES string of the molecule is O=C(Cc1c[nH]c2ccccc12)N1CCC(c2nccnc2-n2ccnc2)CC1. The molecule has 7 heteroatoms. The molecule has 0 saturated carbocycles. The number of hydrogen-bond acceptors (Lipinski definition) is 4. The molecular weight excluding hydrogens is 364 g/mol. The molecule has 1 aromatic carbocycles. The first-order valence-electron chi connectivity index (χ1n) is 9.91. The number of amides is 1. The molecule has 3 aromatic heterocycles. The minimum atomic E-state index is 0.183. The maximum atomic E-state index is 12.9. The molecule has 146 valence electrons.